The van der Waals surface area contributed by atoms with E-state index in [2.05, 4.69) is 73.5 Å². The molecule has 0 spiro atoms. The summed E-state index contributed by atoms with van der Waals surface area (Å²) in [6, 6.07) is 17.7. The first-order chi connectivity index (χ1) is 12.3. The molecule has 3 rings (SSSR count). The fourth-order valence-corrected chi connectivity index (χ4v) is 3.50. The van der Waals surface area contributed by atoms with Crippen LogP contribution in [0, 0.1) is 0 Å². The topological polar surface area (TPSA) is 12.5 Å². The summed E-state index contributed by atoms with van der Waals surface area (Å²) < 4.78 is 5.62. The van der Waals surface area contributed by atoms with E-state index in [1.54, 1.807) is 0 Å². The van der Waals surface area contributed by atoms with Crippen LogP contribution in [0.25, 0.3) is 5.57 Å². The molecule has 2 aromatic rings. The molecule has 1 aliphatic carbocycles. The van der Waals surface area contributed by atoms with E-state index in [0.717, 1.165) is 38.8 Å². The first-order valence-electron chi connectivity index (χ1n) is 9.42. The van der Waals surface area contributed by atoms with Gasteiger partial charge in [-0.05, 0) is 60.6 Å². The summed E-state index contributed by atoms with van der Waals surface area (Å²) in [4.78, 5) is 2.25. The highest BCUT2D eigenvalue weighted by atomic mass is 16.5. The second-order valence-electron chi connectivity index (χ2n) is 6.84. The van der Waals surface area contributed by atoms with Gasteiger partial charge in [0.25, 0.3) is 0 Å². The first kappa shape index (κ1) is 17.9. The average Bonchev–Trinajstić information content (AvgIpc) is 2.80. The van der Waals surface area contributed by atoms with Crippen molar-refractivity contribution in [2.24, 2.45) is 0 Å². The van der Waals surface area contributed by atoms with E-state index in [1.807, 2.05) is 0 Å². The van der Waals surface area contributed by atoms with E-state index in [1.165, 1.54) is 27.8 Å². The molecule has 0 amide bonds. The standard InChI is InChI=1S/C23H29NO/c1-3-17-25-18-24(2)16-8-13-23-21-11-6-4-9-19(21)14-15-20-10-5-7-12-22(20)23/h4-7,9-13H,3,8,14-18H2,1-2H3. The van der Waals surface area contributed by atoms with Gasteiger partial charge in [-0.2, -0.15) is 0 Å². The van der Waals surface area contributed by atoms with Gasteiger partial charge in [-0.15, -0.1) is 0 Å². The van der Waals surface area contributed by atoms with Crippen molar-refractivity contribution in [3.8, 4) is 0 Å². The number of ether oxygens (including phenoxy) is 1. The molecule has 1 aliphatic rings. The Balaban J connectivity index is 1.79. The number of hydrogen-bond acceptors (Lipinski definition) is 2. The fourth-order valence-electron chi connectivity index (χ4n) is 3.50. The van der Waals surface area contributed by atoms with Crippen LogP contribution in [-0.2, 0) is 17.6 Å². The SMILES string of the molecule is CCCOCN(C)CCC=C1c2ccccc2CCc2ccccc21. The van der Waals surface area contributed by atoms with Crippen molar-refractivity contribution in [2.75, 3.05) is 26.9 Å². The molecular weight excluding hydrogens is 306 g/mol. The zero-order valence-corrected chi connectivity index (χ0v) is 15.5. The first-order valence-corrected chi connectivity index (χ1v) is 9.42. The lowest BCUT2D eigenvalue weighted by molar-refractivity contribution is 0.0443. The lowest BCUT2D eigenvalue weighted by Crippen LogP contribution is -2.22. The van der Waals surface area contributed by atoms with Crippen LogP contribution < -0.4 is 0 Å². The monoisotopic (exact) mass is 335 g/mol. The minimum Gasteiger partial charge on any atom is -0.366 e. The van der Waals surface area contributed by atoms with Gasteiger partial charge in [-0.1, -0.05) is 61.5 Å². The van der Waals surface area contributed by atoms with Gasteiger partial charge in [0.1, 0.15) is 0 Å². The summed E-state index contributed by atoms with van der Waals surface area (Å²) in [6.45, 7) is 4.71. The number of aryl methyl sites for hydroxylation is 2. The van der Waals surface area contributed by atoms with Gasteiger partial charge in [0.2, 0.25) is 0 Å². The maximum Gasteiger partial charge on any atom is 0.0987 e. The predicted octanol–water partition coefficient (Wildman–Crippen LogP) is 4.92. The Labute approximate surface area is 152 Å². The molecule has 132 valence electrons. The summed E-state index contributed by atoms with van der Waals surface area (Å²) in [5.74, 6) is 0. The highest BCUT2D eigenvalue weighted by Crippen LogP contribution is 2.33. The van der Waals surface area contributed by atoms with Gasteiger partial charge < -0.3 is 4.74 Å². The Morgan fingerprint density at radius 2 is 1.56 bits per heavy atom. The van der Waals surface area contributed by atoms with Crippen LogP contribution in [0.15, 0.2) is 54.6 Å². The Morgan fingerprint density at radius 1 is 0.960 bits per heavy atom. The minimum atomic E-state index is 0.712. The zero-order chi connectivity index (χ0) is 17.5. The van der Waals surface area contributed by atoms with Crippen LogP contribution >= 0.6 is 0 Å². The van der Waals surface area contributed by atoms with Crippen LogP contribution in [-0.4, -0.2) is 31.8 Å². The summed E-state index contributed by atoms with van der Waals surface area (Å²) in [5, 5.41) is 0. The van der Waals surface area contributed by atoms with Crippen molar-refractivity contribution >= 4 is 5.57 Å². The van der Waals surface area contributed by atoms with Crippen LogP contribution in [0.3, 0.4) is 0 Å². The van der Waals surface area contributed by atoms with Gasteiger partial charge in [0, 0.05) is 13.2 Å². The summed E-state index contributed by atoms with van der Waals surface area (Å²) >= 11 is 0. The largest absolute Gasteiger partial charge is 0.366 e. The fraction of sp³-hybridized carbons (Fsp3) is 0.391. The summed E-state index contributed by atoms with van der Waals surface area (Å²) in [6.07, 6.45) is 6.76. The molecule has 2 heteroatoms. The quantitative estimate of drug-likeness (QED) is 0.526. The molecule has 0 unspecified atom stereocenters. The number of nitrogens with zero attached hydrogens (tertiary/aromatic N) is 1. The van der Waals surface area contributed by atoms with E-state index < -0.39 is 0 Å². The van der Waals surface area contributed by atoms with Crippen molar-refractivity contribution < 1.29 is 4.74 Å². The molecule has 0 saturated carbocycles. The normalized spacial score (nSPS) is 13.3. The lowest BCUT2D eigenvalue weighted by atomic mass is 9.93. The van der Waals surface area contributed by atoms with Gasteiger partial charge in [0.05, 0.1) is 6.73 Å². The maximum atomic E-state index is 5.62. The zero-order valence-electron chi connectivity index (χ0n) is 15.5. The third-order valence-corrected chi connectivity index (χ3v) is 4.80. The van der Waals surface area contributed by atoms with E-state index in [9.17, 15) is 0 Å². The molecule has 0 radical (unpaired) electrons. The van der Waals surface area contributed by atoms with Crippen molar-refractivity contribution in [1.82, 2.24) is 4.90 Å². The van der Waals surface area contributed by atoms with E-state index in [-0.39, 0.29) is 0 Å². The van der Waals surface area contributed by atoms with Crippen molar-refractivity contribution in [2.45, 2.75) is 32.6 Å². The van der Waals surface area contributed by atoms with Gasteiger partial charge in [0.15, 0.2) is 0 Å². The smallest absolute Gasteiger partial charge is 0.0987 e. The third-order valence-electron chi connectivity index (χ3n) is 4.80. The Kier molecular flexibility index (Phi) is 6.43. The minimum absolute atomic E-state index is 0.712. The van der Waals surface area contributed by atoms with Crippen molar-refractivity contribution in [1.29, 1.82) is 0 Å². The van der Waals surface area contributed by atoms with Crippen LogP contribution in [0.4, 0.5) is 0 Å². The highest BCUT2D eigenvalue weighted by molar-refractivity contribution is 5.83. The van der Waals surface area contributed by atoms with Gasteiger partial charge in [-0.3, -0.25) is 4.90 Å². The van der Waals surface area contributed by atoms with Crippen LogP contribution in [0.5, 0.6) is 0 Å². The predicted molar refractivity (Wildman–Crippen MR) is 106 cm³/mol. The number of rotatable bonds is 7. The molecule has 25 heavy (non-hydrogen) atoms. The van der Waals surface area contributed by atoms with E-state index in [4.69, 9.17) is 4.74 Å². The summed E-state index contributed by atoms with van der Waals surface area (Å²) in [5.41, 5.74) is 7.12. The number of benzene rings is 2. The second-order valence-corrected chi connectivity index (χ2v) is 6.84. The molecular formula is C23H29NO. The van der Waals surface area contributed by atoms with E-state index in [0.29, 0.717) is 6.73 Å². The van der Waals surface area contributed by atoms with Gasteiger partial charge in [-0.25, -0.2) is 0 Å². The molecule has 2 nitrogen and oxygen atoms in total. The molecule has 0 aromatic heterocycles. The second kappa shape index (κ2) is 8.98. The highest BCUT2D eigenvalue weighted by Gasteiger charge is 2.17. The Morgan fingerprint density at radius 3 is 2.16 bits per heavy atom. The molecule has 0 aliphatic heterocycles. The van der Waals surface area contributed by atoms with Crippen molar-refractivity contribution in [3.63, 3.8) is 0 Å². The van der Waals surface area contributed by atoms with Crippen LogP contribution in [0.2, 0.25) is 0 Å². The maximum absolute atomic E-state index is 5.62. The Bertz CT molecular complexity index is 670. The molecule has 0 N–H and O–H groups in total. The average molecular weight is 335 g/mol. The summed E-state index contributed by atoms with van der Waals surface area (Å²) in [7, 11) is 2.13. The Hall–Kier alpha value is -1.90. The molecule has 0 saturated heterocycles. The van der Waals surface area contributed by atoms with E-state index >= 15 is 0 Å². The van der Waals surface area contributed by atoms with Gasteiger partial charge >= 0.3 is 0 Å². The van der Waals surface area contributed by atoms with Crippen molar-refractivity contribution in [3.05, 3.63) is 76.9 Å². The van der Waals surface area contributed by atoms with Crippen LogP contribution in [0.1, 0.15) is 42.0 Å². The molecule has 0 heterocycles. The molecule has 0 bridgehead atoms. The number of hydrogen-bond donors (Lipinski definition) is 0. The molecule has 2 aromatic carbocycles. The molecule has 0 fully saturated rings. The number of fused-ring (bicyclic) bond motifs is 2. The molecule has 0 atom stereocenters. The lowest BCUT2D eigenvalue weighted by Gasteiger charge is -2.16. The third kappa shape index (κ3) is 4.59.